The Balaban J connectivity index is 1.45. The van der Waals surface area contributed by atoms with E-state index >= 15 is 8.78 Å². The average molecular weight is 726 g/mol. The van der Waals surface area contributed by atoms with Gasteiger partial charge in [0.1, 0.15) is 29.6 Å². The second-order valence-electron chi connectivity index (χ2n) is 16.6. The molecule has 1 aliphatic heterocycles. The van der Waals surface area contributed by atoms with E-state index in [2.05, 4.69) is 23.1 Å². The first-order valence-electron chi connectivity index (χ1n) is 18.2. The highest BCUT2D eigenvalue weighted by molar-refractivity contribution is 5.89. The minimum absolute atomic E-state index is 0.155. The Labute approximate surface area is 305 Å². The monoisotopic (exact) mass is 725 g/mol. The molecule has 12 heteroatoms. The quantitative estimate of drug-likeness (QED) is 0.153. The smallest absolute Gasteiger partial charge is 0.329 e. The molecule has 2 aromatic rings. The molecule has 2 aliphatic carbocycles. The van der Waals surface area contributed by atoms with Crippen molar-refractivity contribution in [2.45, 2.75) is 110 Å². The van der Waals surface area contributed by atoms with Gasteiger partial charge in [0, 0.05) is 12.0 Å². The number of esters is 2. The van der Waals surface area contributed by atoms with E-state index in [1.165, 1.54) is 18.1 Å². The minimum Gasteiger partial charge on any atom is -0.497 e. The maximum atomic E-state index is 15.3. The zero-order chi connectivity index (χ0) is 38.3. The highest BCUT2D eigenvalue weighted by Crippen LogP contribution is 2.57. The fourth-order valence-corrected chi connectivity index (χ4v) is 7.73. The largest absolute Gasteiger partial charge is 0.497 e. The highest BCUT2D eigenvalue weighted by atomic mass is 19.3. The van der Waals surface area contributed by atoms with Crippen molar-refractivity contribution in [1.82, 2.24) is 14.9 Å². The Morgan fingerprint density at radius 2 is 1.75 bits per heavy atom. The summed E-state index contributed by atoms with van der Waals surface area (Å²) in [5, 5.41) is 0. The number of rotatable bonds is 13. The number of methoxy groups -OCH3 is 1. The van der Waals surface area contributed by atoms with Gasteiger partial charge >= 0.3 is 17.9 Å². The first-order valence-corrected chi connectivity index (χ1v) is 18.2. The molecule has 3 aliphatic rings. The zero-order valence-corrected chi connectivity index (χ0v) is 31.6. The number of amides is 1. The summed E-state index contributed by atoms with van der Waals surface area (Å²) in [7, 11) is 1.47. The standard InChI is InChI=1S/C40H53F2N3O7/c1-11-13-14-25-26-17-23(26)18-30(25)50-32(46)20-27(38(4,5)6)36(47)45-21-31(22(3)33(45)37(48)52-39(7,8)9)51-35-34(40(41,42)12-2)43-28-16-15-24(49-10)19-29(28)44-35/h11-12,15-16,19,22-23,25-27,30-31,33H,1-2,13-14,17-18,20-21H2,3-10H3/t22-,23+,25-,26+,27-,30-,31+,33+/m1/s1. The van der Waals surface area contributed by atoms with E-state index in [0.29, 0.717) is 23.7 Å². The van der Waals surface area contributed by atoms with Gasteiger partial charge in [0.25, 0.3) is 0 Å². The van der Waals surface area contributed by atoms with Crippen LogP contribution in [0.1, 0.15) is 86.3 Å². The molecule has 1 amide bonds. The number of fused-ring (bicyclic) bond motifs is 2. The van der Waals surface area contributed by atoms with Crippen molar-refractivity contribution >= 4 is 28.9 Å². The average Bonchev–Trinajstić information content (AvgIpc) is 3.63. The van der Waals surface area contributed by atoms with Gasteiger partial charge in [-0.25, -0.2) is 14.8 Å². The number of hydrogen-bond acceptors (Lipinski definition) is 9. The maximum Gasteiger partial charge on any atom is 0.329 e. The van der Waals surface area contributed by atoms with E-state index in [4.69, 9.17) is 18.9 Å². The minimum atomic E-state index is -3.61. The molecular formula is C40H53F2N3O7. The van der Waals surface area contributed by atoms with Crippen LogP contribution in [-0.4, -0.2) is 70.2 Å². The van der Waals surface area contributed by atoms with E-state index in [0.717, 1.165) is 25.7 Å². The Hall–Kier alpha value is -4.09. The Morgan fingerprint density at radius 1 is 1.04 bits per heavy atom. The van der Waals surface area contributed by atoms with E-state index in [-0.39, 0.29) is 36.0 Å². The van der Waals surface area contributed by atoms with Gasteiger partial charge in [-0.1, -0.05) is 40.3 Å². The molecule has 1 aromatic carbocycles. The van der Waals surface area contributed by atoms with Gasteiger partial charge in [-0.3, -0.25) is 9.59 Å². The molecule has 3 fully saturated rings. The van der Waals surface area contributed by atoms with Crippen LogP contribution in [0.15, 0.2) is 43.5 Å². The van der Waals surface area contributed by atoms with Crippen molar-refractivity contribution in [3.8, 4) is 11.6 Å². The van der Waals surface area contributed by atoms with Crippen molar-refractivity contribution < 1.29 is 42.1 Å². The molecular weight excluding hydrogens is 672 g/mol. The van der Waals surface area contributed by atoms with Crippen LogP contribution in [0.3, 0.4) is 0 Å². The molecule has 2 heterocycles. The van der Waals surface area contributed by atoms with Crippen molar-refractivity contribution in [3.63, 3.8) is 0 Å². The van der Waals surface area contributed by atoms with Crippen LogP contribution in [0.4, 0.5) is 8.78 Å². The molecule has 284 valence electrons. The van der Waals surface area contributed by atoms with Gasteiger partial charge in [-0.2, -0.15) is 8.78 Å². The summed E-state index contributed by atoms with van der Waals surface area (Å²) in [4.78, 5) is 52.0. The third-order valence-corrected chi connectivity index (χ3v) is 10.6. The van der Waals surface area contributed by atoms with E-state index in [1.54, 1.807) is 39.8 Å². The third-order valence-electron chi connectivity index (χ3n) is 10.6. The van der Waals surface area contributed by atoms with Crippen LogP contribution in [0.5, 0.6) is 11.6 Å². The second-order valence-corrected chi connectivity index (χ2v) is 16.6. The lowest BCUT2D eigenvalue weighted by Gasteiger charge is -2.35. The number of hydrogen-bond donors (Lipinski definition) is 0. The predicted octanol–water partition coefficient (Wildman–Crippen LogP) is 7.44. The fourth-order valence-electron chi connectivity index (χ4n) is 7.73. The molecule has 2 saturated carbocycles. The molecule has 10 nitrogen and oxygen atoms in total. The van der Waals surface area contributed by atoms with Gasteiger partial charge in [0.05, 0.1) is 37.0 Å². The number of nitrogens with zero attached hydrogens (tertiary/aromatic N) is 3. The molecule has 1 saturated heterocycles. The lowest BCUT2D eigenvalue weighted by Crippen LogP contribution is -2.50. The number of aromatic nitrogens is 2. The predicted molar refractivity (Wildman–Crippen MR) is 192 cm³/mol. The molecule has 0 bridgehead atoms. The number of benzene rings is 1. The lowest BCUT2D eigenvalue weighted by atomic mass is 9.77. The van der Waals surface area contributed by atoms with Crippen LogP contribution in [-0.2, 0) is 29.8 Å². The van der Waals surface area contributed by atoms with Crippen molar-refractivity contribution in [2.24, 2.45) is 35.0 Å². The lowest BCUT2D eigenvalue weighted by molar-refractivity contribution is -0.167. The molecule has 1 aromatic heterocycles. The number of halogens is 2. The first kappa shape index (κ1) is 39.1. The normalized spacial score (nSPS) is 26.3. The van der Waals surface area contributed by atoms with Crippen molar-refractivity contribution in [1.29, 1.82) is 0 Å². The summed E-state index contributed by atoms with van der Waals surface area (Å²) in [6, 6.07) is 3.50. The Morgan fingerprint density at radius 3 is 2.37 bits per heavy atom. The summed E-state index contributed by atoms with van der Waals surface area (Å²) in [6.45, 7) is 19.4. The maximum absolute atomic E-state index is 15.3. The summed E-state index contributed by atoms with van der Waals surface area (Å²) < 4.78 is 53.9. The molecule has 5 rings (SSSR count). The molecule has 8 atom stereocenters. The van der Waals surface area contributed by atoms with Crippen LogP contribution in [0, 0.1) is 35.0 Å². The summed E-state index contributed by atoms with van der Waals surface area (Å²) in [5.41, 5.74) is -1.91. The van der Waals surface area contributed by atoms with Crippen LogP contribution < -0.4 is 9.47 Å². The molecule has 0 radical (unpaired) electrons. The van der Waals surface area contributed by atoms with E-state index in [9.17, 15) is 14.4 Å². The molecule has 0 spiro atoms. The van der Waals surface area contributed by atoms with Crippen LogP contribution in [0.25, 0.3) is 11.0 Å². The number of ether oxygens (including phenoxy) is 4. The van der Waals surface area contributed by atoms with Crippen molar-refractivity contribution in [3.05, 3.63) is 49.2 Å². The second kappa shape index (κ2) is 14.7. The zero-order valence-electron chi connectivity index (χ0n) is 31.6. The summed E-state index contributed by atoms with van der Waals surface area (Å²) in [6.07, 6.45) is 4.73. The summed E-state index contributed by atoms with van der Waals surface area (Å²) in [5.74, 6) is -5.40. The Kier molecular flexibility index (Phi) is 11.1. The van der Waals surface area contributed by atoms with Gasteiger partial charge in [-0.15, -0.1) is 6.58 Å². The number of alkyl halides is 2. The SMILES string of the molecule is C=CCC[C@@H]1[C@H]2C[C@H]2C[C@H]1OC(=O)C[C@H](C(=O)N1C[C@H](Oc2nc3cc(OC)ccc3nc2C(F)(F)C=C)[C@@H](C)[C@H]1C(=O)OC(C)(C)C)C(C)(C)C. The van der Waals surface area contributed by atoms with E-state index < -0.39 is 70.3 Å². The Bertz CT molecular complexity index is 1700. The fraction of sp³-hybridized carbons (Fsp3) is 0.625. The van der Waals surface area contributed by atoms with Gasteiger partial charge in [0.15, 0.2) is 5.69 Å². The topological polar surface area (TPSA) is 117 Å². The number of likely N-dealkylation sites (tertiary alicyclic amines) is 1. The van der Waals surface area contributed by atoms with Gasteiger partial charge < -0.3 is 23.8 Å². The highest BCUT2D eigenvalue weighted by Gasteiger charge is 2.55. The third kappa shape index (κ3) is 8.41. The number of allylic oxidation sites excluding steroid dienone is 2. The molecule has 0 unspecified atom stereocenters. The molecule has 0 N–H and O–H groups in total. The van der Waals surface area contributed by atoms with Crippen LogP contribution in [0.2, 0.25) is 0 Å². The first-order chi connectivity index (χ1) is 24.3. The van der Waals surface area contributed by atoms with Crippen LogP contribution >= 0.6 is 0 Å². The number of carbonyl (C=O) groups excluding carboxylic acids is 3. The number of carbonyl (C=O) groups is 3. The van der Waals surface area contributed by atoms with Gasteiger partial charge in [-0.05, 0) is 87.8 Å². The van der Waals surface area contributed by atoms with Crippen molar-refractivity contribution in [2.75, 3.05) is 13.7 Å². The van der Waals surface area contributed by atoms with Gasteiger partial charge in [0.2, 0.25) is 11.8 Å². The summed E-state index contributed by atoms with van der Waals surface area (Å²) >= 11 is 0. The molecule has 52 heavy (non-hydrogen) atoms. The van der Waals surface area contributed by atoms with E-state index in [1.807, 2.05) is 26.8 Å².